The Morgan fingerprint density at radius 1 is 1.50 bits per heavy atom. The predicted octanol–water partition coefficient (Wildman–Crippen LogP) is -3.70. The highest BCUT2D eigenvalue weighted by Gasteiger charge is 2.57. The fraction of sp³-hybridized carbons (Fsp3) is 0.538. The lowest BCUT2D eigenvalue weighted by molar-refractivity contribution is -0.176. The van der Waals surface area contributed by atoms with E-state index in [0.29, 0.717) is 0 Å². The van der Waals surface area contributed by atoms with Gasteiger partial charge in [0.15, 0.2) is 23.0 Å². The van der Waals surface area contributed by atoms with Crippen molar-refractivity contribution in [1.29, 1.82) is 0 Å². The van der Waals surface area contributed by atoms with Crippen LogP contribution in [-0.2, 0) is 15.3 Å². The van der Waals surface area contributed by atoms with Gasteiger partial charge in [-0.1, -0.05) is 0 Å². The second-order valence-corrected chi connectivity index (χ2v) is 5.92. The summed E-state index contributed by atoms with van der Waals surface area (Å²) in [5.41, 5.74) is 2.43. The van der Waals surface area contributed by atoms with Gasteiger partial charge in [0, 0.05) is 6.42 Å². The fourth-order valence-corrected chi connectivity index (χ4v) is 3.05. The van der Waals surface area contributed by atoms with E-state index in [4.69, 9.17) is 15.6 Å². The number of rotatable bonds is 5. The van der Waals surface area contributed by atoms with Gasteiger partial charge in [-0.3, -0.25) is 14.3 Å². The van der Waals surface area contributed by atoms with E-state index in [9.17, 15) is 30.0 Å². The van der Waals surface area contributed by atoms with Gasteiger partial charge in [0.05, 0.1) is 12.9 Å². The third kappa shape index (κ3) is 2.62. The monoisotopic (exact) mass is 371 g/mol. The molecule has 0 amide bonds. The number of hydrogen-bond donors (Lipinski definition) is 7. The minimum atomic E-state index is -2.06. The van der Waals surface area contributed by atoms with E-state index in [1.165, 1.54) is 0 Å². The summed E-state index contributed by atoms with van der Waals surface area (Å²) in [4.78, 5) is 33.0. The number of aromatic nitrogens is 4. The zero-order valence-electron chi connectivity index (χ0n) is 13.2. The van der Waals surface area contributed by atoms with Crippen LogP contribution in [0, 0.1) is 0 Å². The van der Waals surface area contributed by atoms with Crippen molar-refractivity contribution >= 4 is 23.1 Å². The average molecular weight is 371 g/mol. The van der Waals surface area contributed by atoms with Crippen LogP contribution in [0.1, 0.15) is 6.42 Å². The number of nitrogen functional groups attached to an aromatic ring is 1. The molecule has 1 aliphatic heterocycles. The number of carboxylic acids is 1. The SMILES string of the molecule is Nc1nc2c(ncn2[C@]2(CC(O)C(=O)O)O[C@H](CO)[C@@H](O)[C@H]2O)c(=O)[nH]1. The minimum absolute atomic E-state index is 0.159. The van der Waals surface area contributed by atoms with Gasteiger partial charge in [-0.05, 0) is 0 Å². The molecule has 2 aromatic heterocycles. The molecule has 0 saturated carbocycles. The van der Waals surface area contributed by atoms with Crippen LogP contribution in [0.5, 0.6) is 0 Å². The Hall–Kier alpha value is -2.58. The summed E-state index contributed by atoms with van der Waals surface area (Å²) in [6.07, 6.45) is -6.33. The highest BCUT2D eigenvalue weighted by atomic mass is 16.6. The van der Waals surface area contributed by atoms with Crippen molar-refractivity contribution in [3.63, 3.8) is 0 Å². The van der Waals surface area contributed by atoms with Crippen LogP contribution in [0.15, 0.2) is 11.1 Å². The van der Waals surface area contributed by atoms with Crippen molar-refractivity contribution in [2.75, 3.05) is 12.3 Å². The third-order valence-electron chi connectivity index (χ3n) is 4.31. The maximum Gasteiger partial charge on any atom is 0.332 e. The van der Waals surface area contributed by atoms with Gasteiger partial charge in [-0.15, -0.1) is 0 Å². The van der Waals surface area contributed by atoms with Crippen LogP contribution in [0.3, 0.4) is 0 Å². The number of aliphatic carboxylic acids is 1. The average Bonchev–Trinajstić information content (AvgIpc) is 3.10. The number of carbonyl (C=O) groups is 1. The van der Waals surface area contributed by atoms with Crippen LogP contribution in [-0.4, -0.2) is 82.0 Å². The van der Waals surface area contributed by atoms with Crippen molar-refractivity contribution in [2.45, 2.75) is 36.6 Å². The molecule has 13 heteroatoms. The first-order valence-corrected chi connectivity index (χ1v) is 7.50. The number of anilines is 1. The molecular formula is C13H17N5O8. The van der Waals surface area contributed by atoms with Gasteiger partial charge in [-0.25, -0.2) is 9.78 Å². The Morgan fingerprint density at radius 3 is 2.77 bits per heavy atom. The number of nitrogens with zero attached hydrogens (tertiary/aromatic N) is 3. The number of aromatic amines is 1. The fourth-order valence-electron chi connectivity index (χ4n) is 3.05. The normalized spacial score (nSPS) is 29.9. The van der Waals surface area contributed by atoms with Crippen LogP contribution in [0.4, 0.5) is 5.95 Å². The number of nitrogens with one attached hydrogen (secondary N) is 1. The molecule has 3 heterocycles. The van der Waals surface area contributed by atoms with E-state index in [1.54, 1.807) is 0 Å². The van der Waals surface area contributed by atoms with Crippen molar-refractivity contribution in [3.8, 4) is 0 Å². The van der Waals surface area contributed by atoms with E-state index in [-0.39, 0.29) is 17.1 Å². The first-order chi connectivity index (χ1) is 12.2. The molecule has 0 radical (unpaired) electrons. The molecule has 1 fully saturated rings. The number of H-pyrrole nitrogens is 1. The molecule has 142 valence electrons. The number of nitrogens with two attached hydrogens (primary N) is 1. The van der Waals surface area contributed by atoms with Crippen molar-refractivity contribution in [2.24, 2.45) is 0 Å². The van der Waals surface area contributed by atoms with Crippen molar-refractivity contribution < 1.29 is 35.1 Å². The molecule has 26 heavy (non-hydrogen) atoms. The minimum Gasteiger partial charge on any atom is -0.479 e. The summed E-state index contributed by atoms with van der Waals surface area (Å²) in [5, 5.41) is 48.8. The standard InChI is InChI=1S/C13H17N5O8/c14-12-16-9-6(10(23)17-12)15-3-18(9)13(1-4(20)11(24)25)8(22)7(21)5(2-19)26-13/h3-5,7-8,19-22H,1-2H2,(H,24,25)(H3,14,16,17,23)/t4?,5-,7-,8-,13-/m1/s1. The molecule has 13 nitrogen and oxygen atoms in total. The van der Waals surface area contributed by atoms with Gasteiger partial charge in [0.25, 0.3) is 5.56 Å². The molecule has 3 rings (SSSR count). The zero-order valence-corrected chi connectivity index (χ0v) is 13.2. The first-order valence-electron chi connectivity index (χ1n) is 7.50. The van der Waals surface area contributed by atoms with E-state index < -0.39 is 54.7 Å². The van der Waals surface area contributed by atoms with Crippen LogP contribution >= 0.6 is 0 Å². The molecule has 1 saturated heterocycles. The summed E-state index contributed by atoms with van der Waals surface area (Å²) in [6.45, 7) is -0.689. The Bertz CT molecular complexity index is 896. The molecule has 0 aliphatic carbocycles. The maximum absolute atomic E-state index is 11.9. The third-order valence-corrected chi connectivity index (χ3v) is 4.31. The lowest BCUT2D eigenvalue weighted by Crippen LogP contribution is -2.49. The lowest BCUT2D eigenvalue weighted by Gasteiger charge is -2.34. The van der Waals surface area contributed by atoms with Gasteiger partial charge >= 0.3 is 5.97 Å². The summed E-state index contributed by atoms with van der Waals surface area (Å²) in [5.74, 6) is -1.87. The van der Waals surface area contributed by atoms with E-state index in [2.05, 4.69) is 15.0 Å². The van der Waals surface area contributed by atoms with Gasteiger partial charge < -0.3 is 36.0 Å². The number of hydrogen-bond acceptors (Lipinski definition) is 10. The molecular weight excluding hydrogens is 354 g/mol. The zero-order chi connectivity index (χ0) is 19.2. The summed E-state index contributed by atoms with van der Waals surface area (Å²) in [7, 11) is 0. The second kappa shape index (κ2) is 6.30. The summed E-state index contributed by atoms with van der Waals surface area (Å²) >= 11 is 0. The molecule has 0 bridgehead atoms. The summed E-state index contributed by atoms with van der Waals surface area (Å²) in [6, 6.07) is 0. The predicted molar refractivity (Wildman–Crippen MR) is 82.8 cm³/mol. The van der Waals surface area contributed by atoms with Gasteiger partial charge in [0.1, 0.15) is 18.3 Å². The Morgan fingerprint density at radius 2 is 2.19 bits per heavy atom. The molecule has 8 N–H and O–H groups in total. The van der Waals surface area contributed by atoms with Crippen molar-refractivity contribution in [3.05, 3.63) is 16.7 Å². The number of imidazole rings is 1. The second-order valence-electron chi connectivity index (χ2n) is 5.92. The number of ether oxygens (including phenoxy) is 1. The topological polar surface area (TPSA) is 217 Å². The molecule has 0 aromatic carbocycles. The number of aliphatic hydroxyl groups excluding tert-OH is 4. The number of carboxylic acid groups (broad SMARTS) is 1. The van der Waals surface area contributed by atoms with Crippen LogP contribution in [0.25, 0.3) is 11.2 Å². The van der Waals surface area contributed by atoms with Crippen molar-refractivity contribution in [1.82, 2.24) is 19.5 Å². The smallest absolute Gasteiger partial charge is 0.332 e. The highest BCUT2D eigenvalue weighted by Crippen LogP contribution is 2.40. The first kappa shape index (κ1) is 18.2. The van der Waals surface area contributed by atoms with E-state index in [0.717, 1.165) is 10.9 Å². The quantitative estimate of drug-likeness (QED) is 0.271. The largest absolute Gasteiger partial charge is 0.479 e. The molecule has 1 aliphatic rings. The highest BCUT2D eigenvalue weighted by molar-refractivity contribution is 5.73. The van der Waals surface area contributed by atoms with Gasteiger partial charge in [-0.2, -0.15) is 4.98 Å². The number of aliphatic hydroxyl groups is 4. The Kier molecular flexibility index (Phi) is 4.41. The molecule has 2 aromatic rings. The Labute approximate surface area is 144 Å². The molecule has 0 spiro atoms. The maximum atomic E-state index is 11.9. The van der Waals surface area contributed by atoms with Gasteiger partial charge in [0.2, 0.25) is 5.95 Å². The molecule has 5 atom stereocenters. The lowest BCUT2D eigenvalue weighted by atomic mass is 9.96. The van der Waals surface area contributed by atoms with E-state index in [1.807, 2.05) is 0 Å². The van der Waals surface area contributed by atoms with Crippen LogP contribution < -0.4 is 11.3 Å². The summed E-state index contributed by atoms with van der Waals surface area (Å²) < 4.78 is 6.55. The number of fused-ring (bicyclic) bond motifs is 1. The van der Waals surface area contributed by atoms with Crippen LogP contribution in [0.2, 0.25) is 0 Å². The Balaban J connectivity index is 2.22. The molecule has 1 unspecified atom stereocenters. The van der Waals surface area contributed by atoms with E-state index >= 15 is 0 Å².